The van der Waals surface area contributed by atoms with Crippen LogP contribution >= 0.6 is 0 Å². The quantitative estimate of drug-likeness (QED) is 0.811. The maximum atomic E-state index is 12.2. The molecule has 3 saturated heterocycles. The van der Waals surface area contributed by atoms with Crippen LogP contribution < -0.4 is 10.6 Å². The summed E-state index contributed by atoms with van der Waals surface area (Å²) in [6.07, 6.45) is 5.79. The highest BCUT2D eigenvalue weighted by atomic mass is 32.2. The topological polar surface area (TPSA) is 83.7 Å². The van der Waals surface area contributed by atoms with Crippen molar-refractivity contribution in [1.82, 2.24) is 4.90 Å². The number of sulfone groups is 1. The molecular formula is C22H33N3O3S. The number of primary amides is 1. The Bertz CT molecular complexity index is 855. The Morgan fingerprint density at radius 2 is 1.69 bits per heavy atom. The highest BCUT2D eigenvalue weighted by Crippen LogP contribution is 2.43. The lowest BCUT2D eigenvalue weighted by atomic mass is 9.81. The first kappa shape index (κ1) is 20.7. The van der Waals surface area contributed by atoms with Crippen molar-refractivity contribution < 1.29 is 13.2 Å². The van der Waals surface area contributed by atoms with Gasteiger partial charge in [-0.3, -0.25) is 9.69 Å². The van der Waals surface area contributed by atoms with Gasteiger partial charge in [-0.05, 0) is 75.2 Å². The largest absolute Gasteiger partial charge is 0.371 e. The van der Waals surface area contributed by atoms with E-state index in [1.165, 1.54) is 0 Å². The maximum absolute atomic E-state index is 12.2. The summed E-state index contributed by atoms with van der Waals surface area (Å²) < 4.78 is 24.4. The van der Waals surface area contributed by atoms with Gasteiger partial charge in [0.15, 0.2) is 0 Å². The first-order valence-corrected chi connectivity index (χ1v) is 12.8. The summed E-state index contributed by atoms with van der Waals surface area (Å²) in [7, 11) is -2.96. The van der Waals surface area contributed by atoms with Gasteiger partial charge in [0.2, 0.25) is 0 Å². The lowest BCUT2D eigenvalue weighted by Gasteiger charge is -2.45. The molecule has 1 amide bonds. The number of nitrogens with zero attached hydrogens (tertiary/aromatic N) is 2. The Labute approximate surface area is 174 Å². The molecule has 7 heteroatoms. The van der Waals surface area contributed by atoms with Gasteiger partial charge in [0, 0.05) is 24.3 Å². The Morgan fingerprint density at radius 3 is 2.28 bits per heavy atom. The third-order valence-corrected chi connectivity index (χ3v) is 8.94. The van der Waals surface area contributed by atoms with Gasteiger partial charge in [-0.1, -0.05) is 13.0 Å². The number of amides is 1. The molecule has 3 aliphatic heterocycles. The molecule has 6 nitrogen and oxygen atoms in total. The van der Waals surface area contributed by atoms with E-state index in [1.807, 2.05) is 12.1 Å². The van der Waals surface area contributed by atoms with Crippen LogP contribution in [0.15, 0.2) is 18.2 Å². The fourth-order valence-corrected chi connectivity index (χ4v) is 6.85. The molecule has 0 bridgehead atoms. The normalized spacial score (nSPS) is 25.2. The predicted molar refractivity (Wildman–Crippen MR) is 116 cm³/mol. The van der Waals surface area contributed by atoms with Crippen molar-refractivity contribution in [2.75, 3.05) is 42.6 Å². The van der Waals surface area contributed by atoms with E-state index >= 15 is 0 Å². The molecule has 0 spiro atoms. The minimum Gasteiger partial charge on any atom is -0.371 e. The van der Waals surface area contributed by atoms with Gasteiger partial charge < -0.3 is 10.6 Å². The second-order valence-electron chi connectivity index (χ2n) is 9.14. The van der Waals surface area contributed by atoms with Gasteiger partial charge in [-0.15, -0.1) is 0 Å². The molecule has 0 aromatic heterocycles. The molecule has 2 N–H and O–H groups in total. The van der Waals surface area contributed by atoms with E-state index in [2.05, 4.69) is 22.8 Å². The average molecular weight is 420 g/mol. The highest BCUT2D eigenvalue weighted by Gasteiger charge is 2.44. The first-order valence-electron chi connectivity index (χ1n) is 11.0. The number of anilines is 1. The molecule has 0 saturated carbocycles. The number of nitrogens with two attached hydrogens (primary N) is 1. The standard InChI is InChI=1S/C22H33N3O3S/c1-17-6-12-24(13-7-17)20-16-18(4-5-19(20)21(23)26)22(25-10-2-3-11-25)8-14-29(27,28)15-9-22/h4-5,16-17H,2-3,6-15H2,1H3,(H2,23,26). The number of rotatable bonds is 4. The van der Waals surface area contributed by atoms with Crippen molar-refractivity contribution in [3.63, 3.8) is 0 Å². The SMILES string of the molecule is CC1CCN(c2cc(C3(N4CCCC4)CCS(=O)(=O)CC3)ccc2C(N)=O)CC1. The molecule has 0 aliphatic carbocycles. The number of hydrogen-bond donors (Lipinski definition) is 1. The van der Waals surface area contributed by atoms with Gasteiger partial charge in [0.25, 0.3) is 5.91 Å². The maximum Gasteiger partial charge on any atom is 0.250 e. The second-order valence-corrected chi connectivity index (χ2v) is 11.4. The fourth-order valence-electron chi connectivity index (χ4n) is 5.35. The molecule has 29 heavy (non-hydrogen) atoms. The molecule has 3 aliphatic rings. The van der Waals surface area contributed by atoms with Crippen LogP contribution in [0.2, 0.25) is 0 Å². The van der Waals surface area contributed by atoms with Crippen LogP contribution in [0, 0.1) is 5.92 Å². The monoisotopic (exact) mass is 419 g/mol. The molecule has 160 valence electrons. The summed E-state index contributed by atoms with van der Waals surface area (Å²) in [4.78, 5) is 16.9. The molecule has 0 unspecified atom stereocenters. The van der Waals surface area contributed by atoms with Crippen LogP contribution in [0.1, 0.15) is 61.4 Å². The zero-order valence-corrected chi connectivity index (χ0v) is 18.2. The molecule has 1 aromatic rings. The highest BCUT2D eigenvalue weighted by molar-refractivity contribution is 7.91. The van der Waals surface area contributed by atoms with Crippen molar-refractivity contribution in [1.29, 1.82) is 0 Å². The summed E-state index contributed by atoms with van der Waals surface area (Å²) in [5, 5.41) is 0. The summed E-state index contributed by atoms with van der Waals surface area (Å²) >= 11 is 0. The van der Waals surface area contributed by atoms with E-state index in [-0.39, 0.29) is 17.0 Å². The third kappa shape index (κ3) is 4.04. The van der Waals surface area contributed by atoms with Crippen LogP contribution in [-0.4, -0.2) is 56.9 Å². The molecule has 3 heterocycles. The fraction of sp³-hybridized carbons (Fsp3) is 0.682. The zero-order valence-electron chi connectivity index (χ0n) is 17.4. The molecule has 3 fully saturated rings. The van der Waals surface area contributed by atoms with E-state index in [0.29, 0.717) is 24.3 Å². The molecule has 4 rings (SSSR count). The number of carbonyl (C=O) groups excluding carboxylic acids is 1. The Kier molecular flexibility index (Phi) is 5.64. The van der Waals surface area contributed by atoms with Crippen LogP contribution in [0.4, 0.5) is 5.69 Å². The van der Waals surface area contributed by atoms with Gasteiger partial charge in [0.1, 0.15) is 9.84 Å². The van der Waals surface area contributed by atoms with Crippen LogP contribution in [0.25, 0.3) is 0 Å². The first-order chi connectivity index (χ1) is 13.8. The lowest BCUT2D eigenvalue weighted by Crippen LogP contribution is -2.50. The van der Waals surface area contributed by atoms with Crippen LogP contribution in [-0.2, 0) is 15.4 Å². The van der Waals surface area contributed by atoms with Crippen LogP contribution in [0.3, 0.4) is 0 Å². The van der Waals surface area contributed by atoms with Gasteiger partial charge in [0.05, 0.1) is 17.1 Å². The Morgan fingerprint density at radius 1 is 1.07 bits per heavy atom. The minimum atomic E-state index is -2.96. The summed E-state index contributed by atoms with van der Waals surface area (Å²) in [6, 6.07) is 6.03. The summed E-state index contributed by atoms with van der Waals surface area (Å²) in [5.74, 6) is 0.771. The van der Waals surface area contributed by atoms with Crippen molar-refractivity contribution in [2.45, 2.75) is 51.0 Å². The number of hydrogen-bond acceptors (Lipinski definition) is 5. The van der Waals surface area contributed by atoms with E-state index in [4.69, 9.17) is 5.73 Å². The van der Waals surface area contributed by atoms with Crippen molar-refractivity contribution in [3.8, 4) is 0 Å². The van der Waals surface area contributed by atoms with Crippen molar-refractivity contribution in [3.05, 3.63) is 29.3 Å². The average Bonchev–Trinajstić information content (AvgIpc) is 3.24. The van der Waals surface area contributed by atoms with E-state index in [9.17, 15) is 13.2 Å². The van der Waals surface area contributed by atoms with E-state index in [1.54, 1.807) is 0 Å². The van der Waals surface area contributed by atoms with E-state index in [0.717, 1.165) is 63.1 Å². The second kappa shape index (κ2) is 7.91. The third-order valence-electron chi connectivity index (χ3n) is 7.29. The predicted octanol–water partition coefficient (Wildman–Crippen LogP) is 2.52. The Balaban J connectivity index is 1.75. The van der Waals surface area contributed by atoms with Gasteiger partial charge in [-0.2, -0.15) is 0 Å². The Hall–Kier alpha value is -1.60. The smallest absolute Gasteiger partial charge is 0.250 e. The van der Waals surface area contributed by atoms with E-state index < -0.39 is 15.7 Å². The van der Waals surface area contributed by atoms with Crippen molar-refractivity contribution >= 4 is 21.4 Å². The molecule has 1 aromatic carbocycles. The summed E-state index contributed by atoms with van der Waals surface area (Å²) in [6.45, 7) is 6.14. The minimum absolute atomic E-state index is 0.234. The van der Waals surface area contributed by atoms with Gasteiger partial charge in [-0.25, -0.2) is 8.42 Å². The van der Waals surface area contributed by atoms with Gasteiger partial charge >= 0.3 is 0 Å². The summed E-state index contributed by atoms with van der Waals surface area (Å²) in [5.41, 5.74) is 8.10. The van der Waals surface area contributed by atoms with Crippen LogP contribution in [0.5, 0.6) is 0 Å². The van der Waals surface area contributed by atoms with Crippen molar-refractivity contribution in [2.24, 2.45) is 11.7 Å². The number of carbonyl (C=O) groups is 1. The number of benzene rings is 1. The number of piperidine rings is 1. The number of likely N-dealkylation sites (tertiary alicyclic amines) is 1. The molecule has 0 atom stereocenters. The zero-order chi connectivity index (χ0) is 20.6. The lowest BCUT2D eigenvalue weighted by molar-refractivity contribution is 0.0995. The molecule has 0 radical (unpaired) electrons. The molecular weight excluding hydrogens is 386 g/mol.